The first-order valence-electron chi connectivity index (χ1n) is 12.2. The maximum absolute atomic E-state index is 13.7. The Labute approximate surface area is 227 Å². The number of carbonyl (C=O) groups excluding carboxylic acids is 2. The monoisotopic (exact) mass is 556 g/mol. The summed E-state index contributed by atoms with van der Waals surface area (Å²) in [6.45, 7) is 7.70. The van der Waals surface area contributed by atoms with E-state index in [1.54, 1.807) is 49.6 Å². The molecule has 3 aromatic rings. The van der Waals surface area contributed by atoms with E-state index in [9.17, 15) is 14.4 Å². The third kappa shape index (κ3) is 5.73. The van der Waals surface area contributed by atoms with Crippen molar-refractivity contribution in [2.45, 2.75) is 33.7 Å². The Bertz CT molecular complexity index is 1530. The highest BCUT2D eigenvalue weighted by molar-refractivity contribution is 7.10. The van der Waals surface area contributed by atoms with Crippen LogP contribution in [0.25, 0.3) is 6.08 Å². The zero-order valence-corrected chi connectivity index (χ0v) is 23.1. The molecule has 0 fully saturated rings. The summed E-state index contributed by atoms with van der Waals surface area (Å²) >= 11 is 2.71. The Morgan fingerprint density at radius 2 is 1.84 bits per heavy atom. The molecule has 0 aliphatic carbocycles. The van der Waals surface area contributed by atoms with Crippen molar-refractivity contribution in [1.29, 1.82) is 0 Å². The van der Waals surface area contributed by atoms with Crippen molar-refractivity contribution in [2.75, 3.05) is 26.4 Å². The van der Waals surface area contributed by atoms with Crippen molar-refractivity contribution in [3.63, 3.8) is 0 Å². The molecule has 11 heteroatoms. The first-order valence-corrected chi connectivity index (χ1v) is 13.9. The largest absolute Gasteiger partial charge is 0.490 e. The molecule has 0 spiro atoms. The van der Waals surface area contributed by atoms with Crippen molar-refractivity contribution < 1.29 is 28.5 Å². The Morgan fingerprint density at radius 1 is 1.05 bits per heavy atom. The van der Waals surface area contributed by atoms with Gasteiger partial charge in [0.2, 0.25) is 0 Å². The van der Waals surface area contributed by atoms with Gasteiger partial charge in [-0.1, -0.05) is 23.5 Å². The maximum Gasteiger partial charge on any atom is 0.344 e. The van der Waals surface area contributed by atoms with Gasteiger partial charge in [-0.25, -0.2) is 14.6 Å². The number of benzene rings is 1. The van der Waals surface area contributed by atoms with Crippen molar-refractivity contribution >= 4 is 40.7 Å². The van der Waals surface area contributed by atoms with Crippen LogP contribution in [0.3, 0.4) is 0 Å². The van der Waals surface area contributed by atoms with E-state index in [0.29, 0.717) is 44.3 Å². The molecule has 38 heavy (non-hydrogen) atoms. The Kier molecular flexibility index (Phi) is 8.80. The highest BCUT2D eigenvalue weighted by Crippen LogP contribution is 2.33. The van der Waals surface area contributed by atoms with Crippen LogP contribution >= 0.6 is 22.7 Å². The number of hydrogen-bond donors (Lipinski definition) is 0. The molecule has 1 atom stereocenters. The number of thiophene rings is 1. The number of rotatable bonds is 10. The predicted octanol–water partition coefficient (Wildman–Crippen LogP) is 3.20. The summed E-state index contributed by atoms with van der Waals surface area (Å²) < 4.78 is 23.5. The number of ether oxygens (including phenoxy) is 4. The quantitative estimate of drug-likeness (QED) is 0.353. The van der Waals surface area contributed by atoms with E-state index < -0.39 is 18.0 Å². The first-order chi connectivity index (χ1) is 18.4. The van der Waals surface area contributed by atoms with Gasteiger partial charge in [0, 0.05) is 4.88 Å². The molecule has 1 aliphatic heterocycles. The van der Waals surface area contributed by atoms with Crippen LogP contribution in [0.1, 0.15) is 44.2 Å². The zero-order valence-electron chi connectivity index (χ0n) is 21.5. The van der Waals surface area contributed by atoms with Crippen molar-refractivity contribution in [3.8, 4) is 11.5 Å². The van der Waals surface area contributed by atoms with Gasteiger partial charge in [-0.3, -0.25) is 9.36 Å². The first kappa shape index (κ1) is 27.3. The van der Waals surface area contributed by atoms with Crippen LogP contribution in [-0.4, -0.2) is 42.9 Å². The van der Waals surface area contributed by atoms with Gasteiger partial charge in [0.1, 0.15) is 6.04 Å². The van der Waals surface area contributed by atoms with Gasteiger partial charge >= 0.3 is 11.9 Å². The van der Waals surface area contributed by atoms with Crippen LogP contribution in [0.2, 0.25) is 0 Å². The zero-order chi connectivity index (χ0) is 27.2. The lowest BCUT2D eigenvalue weighted by Gasteiger charge is -2.23. The Balaban J connectivity index is 1.76. The lowest BCUT2D eigenvalue weighted by atomic mass is 10.0. The van der Waals surface area contributed by atoms with Gasteiger partial charge in [-0.15, -0.1) is 11.3 Å². The number of hydrogen-bond acceptors (Lipinski definition) is 10. The van der Waals surface area contributed by atoms with Crippen LogP contribution in [0.5, 0.6) is 11.5 Å². The smallest absolute Gasteiger partial charge is 0.344 e. The van der Waals surface area contributed by atoms with Crippen molar-refractivity contribution in [1.82, 2.24) is 4.57 Å². The van der Waals surface area contributed by atoms with Crippen molar-refractivity contribution in [2.24, 2.45) is 4.99 Å². The molecule has 1 aliphatic rings. The molecule has 0 radical (unpaired) electrons. The Hall–Kier alpha value is -3.70. The van der Waals surface area contributed by atoms with E-state index in [2.05, 4.69) is 4.99 Å². The summed E-state index contributed by atoms with van der Waals surface area (Å²) in [5.74, 6) is -0.125. The van der Waals surface area contributed by atoms with E-state index in [1.807, 2.05) is 24.4 Å². The minimum absolute atomic E-state index is 0.221. The topological polar surface area (TPSA) is 105 Å². The van der Waals surface area contributed by atoms with E-state index in [4.69, 9.17) is 18.9 Å². The second-order valence-corrected chi connectivity index (χ2v) is 10.0. The number of thiazole rings is 1. The molecule has 0 saturated carbocycles. The van der Waals surface area contributed by atoms with Gasteiger partial charge < -0.3 is 18.9 Å². The molecule has 0 amide bonds. The van der Waals surface area contributed by atoms with Crippen LogP contribution in [0.15, 0.2) is 56.8 Å². The fourth-order valence-corrected chi connectivity index (χ4v) is 5.87. The molecule has 1 unspecified atom stereocenters. The number of aromatic nitrogens is 1. The number of nitrogens with zero attached hydrogens (tertiary/aromatic N) is 2. The minimum atomic E-state index is -0.620. The Morgan fingerprint density at radius 3 is 2.53 bits per heavy atom. The van der Waals surface area contributed by atoms with Gasteiger partial charge in [0.15, 0.2) is 22.9 Å². The average molecular weight is 557 g/mol. The number of allylic oxidation sites excluding steroid dienone is 1. The molecule has 200 valence electrons. The summed E-state index contributed by atoms with van der Waals surface area (Å²) in [4.78, 5) is 44.2. The molecule has 2 aromatic heterocycles. The molecule has 0 saturated heterocycles. The van der Waals surface area contributed by atoms with E-state index >= 15 is 0 Å². The molecule has 0 bridgehead atoms. The van der Waals surface area contributed by atoms with Crippen molar-refractivity contribution in [3.05, 3.63) is 77.1 Å². The van der Waals surface area contributed by atoms with Crippen LogP contribution in [-0.2, 0) is 19.1 Å². The number of fused-ring (bicyclic) bond motifs is 1. The van der Waals surface area contributed by atoms with Gasteiger partial charge in [-0.2, -0.15) is 0 Å². The van der Waals surface area contributed by atoms with Crippen LogP contribution in [0, 0.1) is 0 Å². The predicted molar refractivity (Wildman–Crippen MR) is 144 cm³/mol. The normalized spacial score (nSPS) is 15.1. The molecule has 0 N–H and O–H groups in total. The SMILES string of the molecule is CCOC(=O)COc1ccc(C=c2sc3n(c2=O)C(c2cccs2)C(C(=O)OCC)=C(C)N=3)cc1OCC. The highest BCUT2D eigenvalue weighted by Gasteiger charge is 2.33. The summed E-state index contributed by atoms with van der Waals surface area (Å²) in [5.41, 5.74) is 1.32. The van der Waals surface area contributed by atoms with Gasteiger partial charge in [0.05, 0.1) is 35.6 Å². The lowest BCUT2D eigenvalue weighted by molar-refractivity contribution is -0.145. The van der Waals surface area contributed by atoms with E-state index in [1.165, 1.54) is 22.7 Å². The number of carbonyl (C=O) groups is 2. The lowest BCUT2D eigenvalue weighted by Crippen LogP contribution is -2.39. The van der Waals surface area contributed by atoms with Crippen LogP contribution < -0.4 is 24.4 Å². The molecule has 9 nitrogen and oxygen atoms in total. The third-order valence-corrected chi connectivity index (χ3v) is 7.45. The second kappa shape index (κ2) is 12.2. The minimum Gasteiger partial charge on any atom is -0.490 e. The summed E-state index contributed by atoms with van der Waals surface area (Å²) in [6.07, 6.45) is 1.75. The fourth-order valence-electron chi connectivity index (χ4n) is 4.00. The average Bonchev–Trinajstić information content (AvgIpc) is 3.52. The maximum atomic E-state index is 13.7. The van der Waals surface area contributed by atoms with Crippen LogP contribution in [0.4, 0.5) is 0 Å². The standard InChI is InChI=1S/C27H28N2O7S2/c1-5-33-19-13-17(10-11-18(19)36-15-22(30)34-6-2)14-21-25(31)29-24(20-9-8-12-37-20)23(26(32)35-7-3)16(4)28-27(29)38-21/h8-14,24H,5-7,15H2,1-4H3. The van der Waals surface area contributed by atoms with Gasteiger partial charge in [0.25, 0.3) is 5.56 Å². The van der Waals surface area contributed by atoms with E-state index in [-0.39, 0.29) is 25.4 Å². The summed E-state index contributed by atoms with van der Waals surface area (Å²) in [6, 6.07) is 8.36. The summed E-state index contributed by atoms with van der Waals surface area (Å²) in [5, 5.41) is 1.91. The van der Waals surface area contributed by atoms with Gasteiger partial charge in [-0.05, 0) is 62.9 Å². The molecule has 4 rings (SSSR count). The third-order valence-electron chi connectivity index (χ3n) is 5.55. The molecular weight excluding hydrogens is 528 g/mol. The fraction of sp³-hybridized carbons (Fsp3) is 0.333. The number of esters is 2. The highest BCUT2D eigenvalue weighted by atomic mass is 32.1. The molecule has 1 aromatic carbocycles. The molecular formula is C27H28N2O7S2. The van der Waals surface area contributed by atoms with E-state index in [0.717, 1.165) is 4.88 Å². The summed E-state index contributed by atoms with van der Waals surface area (Å²) in [7, 11) is 0. The second-order valence-electron chi connectivity index (χ2n) is 8.05. The molecule has 3 heterocycles.